The number of hydrogen-bond donors (Lipinski definition) is 2. The lowest BCUT2D eigenvalue weighted by Gasteiger charge is -2.32. The van der Waals surface area contributed by atoms with Crippen molar-refractivity contribution in [3.05, 3.63) is 66.8 Å². The van der Waals surface area contributed by atoms with Crippen LogP contribution < -0.4 is 15.4 Å². The predicted octanol–water partition coefficient (Wildman–Crippen LogP) is 4.77. The van der Waals surface area contributed by atoms with Gasteiger partial charge in [-0.2, -0.15) is 0 Å². The highest BCUT2D eigenvalue weighted by molar-refractivity contribution is 5.95. The molecule has 0 unspecified atom stereocenters. The Balaban J connectivity index is 1.32. The average molecular weight is 520 g/mol. The quantitative estimate of drug-likeness (QED) is 0.306. The van der Waals surface area contributed by atoms with Gasteiger partial charge in [0.15, 0.2) is 0 Å². The molecule has 0 aliphatic carbocycles. The highest BCUT2D eigenvalue weighted by atomic mass is 19.1. The third-order valence-corrected chi connectivity index (χ3v) is 6.73. The topological polar surface area (TPSA) is 78.4 Å². The van der Waals surface area contributed by atoms with E-state index in [2.05, 4.69) is 42.4 Å². The van der Waals surface area contributed by atoms with Gasteiger partial charge in [0.25, 0.3) is 0 Å². The monoisotopic (exact) mass is 519 g/mol. The van der Waals surface area contributed by atoms with Crippen LogP contribution in [0.15, 0.2) is 55.1 Å². The number of nitrogens with one attached hydrogen (secondary N) is 2. The molecule has 1 aliphatic heterocycles. The Morgan fingerprint density at radius 2 is 1.79 bits per heavy atom. The van der Waals surface area contributed by atoms with Crippen LogP contribution in [0.1, 0.15) is 6.42 Å². The lowest BCUT2D eigenvalue weighted by molar-refractivity contribution is 0.145. The fourth-order valence-electron chi connectivity index (χ4n) is 4.60. The third kappa shape index (κ3) is 5.81. The van der Waals surface area contributed by atoms with E-state index in [1.165, 1.54) is 30.7 Å². The van der Waals surface area contributed by atoms with Gasteiger partial charge in [-0.05, 0) is 37.7 Å². The highest BCUT2D eigenvalue weighted by Gasteiger charge is 2.15. The van der Waals surface area contributed by atoms with E-state index < -0.39 is 11.6 Å². The minimum atomic E-state index is -0.647. The summed E-state index contributed by atoms with van der Waals surface area (Å²) >= 11 is 0. The number of ether oxygens (including phenoxy) is 1. The van der Waals surface area contributed by atoms with Gasteiger partial charge in [-0.25, -0.2) is 18.7 Å². The molecule has 0 saturated carbocycles. The molecule has 8 nitrogen and oxygen atoms in total. The second-order valence-corrected chi connectivity index (χ2v) is 9.37. The van der Waals surface area contributed by atoms with Crippen LogP contribution in [0, 0.1) is 11.6 Å². The van der Waals surface area contributed by atoms with Crippen molar-refractivity contribution in [3.8, 4) is 16.9 Å². The van der Waals surface area contributed by atoms with Crippen molar-refractivity contribution < 1.29 is 13.5 Å². The molecule has 5 rings (SSSR count). The zero-order valence-corrected chi connectivity index (χ0v) is 21.5. The van der Waals surface area contributed by atoms with Gasteiger partial charge in [-0.15, -0.1) is 0 Å². The molecule has 4 aromatic rings. The average Bonchev–Trinajstić information content (AvgIpc) is 2.92. The zero-order valence-electron chi connectivity index (χ0n) is 21.5. The summed E-state index contributed by atoms with van der Waals surface area (Å²) < 4.78 is 34.8. The molecular formula is C28H31F2N7O. The van der Waals surface area contributed by atoms with Gasteiger partial charge in [0, 0.05) is 63.0 Å². The molecule has 0 atom stereocenters. The minimum Gasteiger partial charge on any atom is -0.491 e. The Morgan fingerprint density at radius 3 is 2.55 bits per heavy atom. The van der Waals surface area contributed by atoms with Crippen LogP contribution in [0.5, 0.6) is 5.75 Å². The van der Waals surface area contributed by atoms with Crippen molar-refractivity contribution in [2.24, 2.45) is 0 Å². The van der Waals surface area contributed by atoms with Gasteiger partial charge in [0.05, 0.1) is 35.3 Å². The summed E-state index contributed by atoms with van der Waals surface area (Å²) in [5, 5.41) is 7.19. The molecule has 198 valence electrons. The summed E-state index contributed by atoms with van der Waals surface area (Å²) in [6, 6.07) is 9.25. The number of piperazine rings is 1. The van der Waals surface area contributed by atoms with E-state index >= 15 is 0 Å². The van der Waals surface area contributed by atoms with E-state index in [0.717, 1.165) is 56.0 Å². The Kier molecular flexibility index (Phi) is 7.90. The van der Waals surface area contributed by atoms with Crippen molar-refractivity contribution in [1.82, 2.24) is 24.8 Å². The van der Waals surface area contributed by atoms with E-state index in [9.17, 15) is 8.78 Å². The predicted molar refractivity (Wildman–Crippen MR) is 146 cm³/mol. The summed E-state index contributed by atoms with van der Waals surface area (Å²) in [6.07, 6.45) is 5.41. The lowest BCUT2D eigenvalue weighted by Crippen LogP contribution is -2.44. The number of pyridine rings is 1. The maximum Gasteiger partial charge on any atom is 0.144 e. The number of fused-ring (bicyclic) bond motifs is 1. The molecule has 1 fully saturated rings. The molecular weight excluding hydrogens is 488 g/mol. The standard InChI is InChI=1S/C28H31F2N7O/c1-31-25-14-21-24(15-26(25)38-12-4-7-37-10-8-36(2)9-11-37)33-18-34-28(21)35-20-13-19(16-32-17-20)27-22(29)5-3-6-23(27)30/h3,5-6,13-18,31H,4,7-12H2,1-2H3,(H,33,34,35). The Morgan fingerprint density at radius 1 is 1.00 bits per heavy atom. The fourth-order valence-corrected chi connectivity index (χ4v) is 4.60. The number of likely N-dealkylation sites (N-methyl/N-ethyl adjacent to an activating group) is 1. The molecule has 0 spiro atoms. The van der Waals surface area contributed by atoms with Crippen LogP contribution in [0.2, 0.25) is 0 Å². The number of nitrogens with zero attached hydrogens (tertiary/aromatic N) is 5. The van der Waals surface area contributed by atoms with Gasteiger partial charge in [-0.1, -0.05) is 6.07 Å². The van der Waals surface area contributed by atoms with Crippen LogP contribution in [-0.2, 0) is 0 Å². The van der Waals surface area contributed by atoms with Crippen LogP contribution in [-0.4, -0.2) is 78.2 Å². The van der Waals surface area contributed by atoms with Gasteiger partial charge in [0.1, 0.15) is 29.5 Å². The van der Waals surface area contributed by atoms with Crippen LogP contribution in [0.25, 0.3) is 22.0 Å². The number of benzene rings is 2. The Bertz CT molecular complexity index is 1390. The summed E-state index contributed by atoms with van der Waals surface area (Å²) in [5.41, 5.74) is 2.27. The number of halogens is 2. The molecule has 0 radical (unpaired) electrons. The zero-order chi connectivity index (χ0) is 26.5. The van der Waals surface area contributed by atoms with Gasteiger partial charge >= 0.3 is 0 Å². The molecule has 2 aromatic carbocycles. The van der Waals surface area contributed by atoms with E-state index in [-0.39, 0.29) is 5.56 Å². The maximum atomic E-state index is 14.3. The summed E-state index contributed by atoms with van der Waals surface area (Å²) in [5.74, 6) is -0.0277. The first-order valence-corrected chi connectivity index (χ1v) is 12.7. The minimum absolute atomic E-state index is 0.122. The normalized spacial score (nSPS) is 14.5. The highest BCUT2D eigenvalue weighted by Crippen LogP contribution is 2.34. The van der Waals surface area contributed by atoms with Crippen molar-refractivity contribution in [1.29, 1.82) is 0 Å². The molecule has 38 heavy (non-hydrogen) atoms. The van der Waals surface area contributed by atoms with Crippen molar-refractivity contribution >= 4 is 28.1 Å². The molecule has 0 bridgehead atoms. The van der Waals surface area contributed by atoms with Gasteiger partial charge < -0.3 is 25.2 Å². The lowest BCUT2D eigenvalue weighted by atomic mass is 10.1. The van der Waals surface area contributed by atoms with Crippen LogP contribution in [0.4, 0.5) is 26.0 Å². The molecule has 3 heterocycles. The van der Waals surface area contributed by atoms with Gasteiger partial charge in [0.2, 0.25) is 0 Å². The van der Waals surface area contributed by atoms with E-state index in [4.69, 9.17) is 4.74 Å². The summed E-state index contributed by atoms with van der Waals surface area (Å²) in [4.78, 5) is 17.8. The SMILES string of the molecule is CNc1cc2c(Nc3cncc(-c4c(F)cccc4F)c3)ncnc2cc1OCCCN1CCN(C)CC1. The van der Waals surface area contributed by atoms with Gasteiger partial charge in [-0.3, -0.25) is 4.98 Å². The molecule has 1 aliphatic rings. The van der Waals surface area contributed by atoms with Crippen LogP contribution in [0.3, 0.4) is 0 Å². The number of hydrogen-bond acceptors (Lipinski definition) is 8. The Labute approximate surface area is 220 Å². The fraction of sp³-hybridized carbons (Fsp3) is 0.321. The van der Waals surface area contributed by atoms with Crippen LogP contribution >= 0.6 is 0 Å². The second kappa shape index (κ2) is 11.7. The summed E-state index contributed by atoms with van der Waals surface area (Å²) in [7, 11) is 4.00. The van der Waals surface area contributed by atoms with Crippen molar-refractivity contribution in [2.75, 3.05) is 64.1 Å². The molecule has 10 heteroatoms. The second-order valence-electron chi connectivity index (χ2n) is 9.37. The molecule has 2 N–H and O–H groups in total. The molecule has 0 amide bonds. The first-order chi connectivity index (χ1) is 18.5. The molecule has 1 saturated heterocycles. The first kappa shape index (κ1) is 25.7. The van der Waals surface area contributed by atoms with E-state index in [1.54, 1.807) is 12.3 Å². The first-order valence-electron chi connectivity index (χ1n) is 12.7. The van der Waals surface area contributed by atoms with Crippen molar-refractivity contribution in [2.45, 2.75) is 6.42 Å². The largest absolute Gasteiger partial charge is 0.491 e. The maximum absolute atomic E-state index is 14.3. The van der Waals surface area contributed by atoms with E-state index in [0.29, 0.717) is 29.2 Å². The summed E-state index contributed by atoms with van der Waals surface area (Å²) in [6.45, 7) is 6.01. The third-order valence-electron chi connectivity index (χ3n) is 6.73. The number of aromatic nitrogens is 3. The Hall–Kier alpha value is -3.89. The van der Waals surface area contributed by atoms with Crippen molar-refractivity contribution in [3.63, 3.8) is 0 Å². The number of anilines is 3. The number of rotatable bonds is 9. The smallest absolute Gasteiger partial charge is 0.144 e. The van der Waals surface area contributed by atoms with E-state index in [1.807, 2.05) is 19.2 Å². The molecule has 2 aromatic heterocycles.